The summed E-state index contributed by atoms with van der Waals surface area (Å²) in [5.74, 6) is 0.0135. The maximum Gasteiger partial charge on any atom is 0.251 e. The predicted molar refractivity (Wildman–Crippen MR) is 80.0 cm³/mol. The number of aromatic nitrogens is 2. The van der Waals surface area contributed by atoms with Crippen LogP contribution < -0.4 is 10.6 Å². The van der Waals surface area contributed by atoms with E-state index in [-0.39, 0.29) is 30.8 Å². The van der Waals surface area contributed by atoms with Gasteiger partial charge in [0.1, 0.15) is 0 Å². The third-order valence-electron chi connectivity index (χ3n) is 2.82. The lowest BCUT2D eigenvalue weighted by Crippen LogP contribution is -2.34. The van der Waals surface area contributed by atoms with Crippen molar-refractivity contribution in [2.45, 2.75) is 26.3 Å². The van der Waals surface area contributed by atoms with Gasteiger partial charge in [-0.1, -0.05) is 6.07 Å². The van der Waals surface area contributed by atoms with Gasteiger partial charge in [0.25, 0.3) is 5.91 Å². The molecule has 0 spiro atoms. The molecule has 0 saturated carbocycles. The molecule has 2 aromatic rings. The first kappa shape index (κ1) is 15.7. The van der Waals surface area contributed by atoms with Crippen LogP contribution in [0.25, 0.3) is 11.5 Å². The molecule has 1 aromatic heterocycles. The van der Waals surface area contributed by atoms with E-state index in [1.807, 2.05) is 13.8 Å². The van der Waals surface area contributed by atoms with Crippen molar-refractivity contribution < 1.29 is 14.0 Å². The Labute approximate surface area is 128 Å². The normalized spacial score (nSPS) is 10.5. The molecule has 0 aliphatic rings. The standard InChI is InChI=1S/C15H18N4O3/c1-10(2)18-13(20)6-7-16-14(21)11-4-3-5-12(8-11)15-19-17-9-22-15/h3-5,8-10H,6-7H2,1-2H3,(H,16,21)(H,18,20). The van der Waals surface area contributed by atoms with Gasteiger partial charge in [-0.3, -0.25) is 9.59 Å². The number of rotatable bonds is 6. The van der Waals surface area contributed by atoms with Gasteiger partial charge < -0.3 is 15.1 Å². The van der Waals surface area contributed by atoms with Crippen LogP contribution >= 0.6 is 0 Å². The SMILES string of the molecule is CC(C)NC(=O)CCNC(=O)c1cccc(-c2nnco2)c1. The van der Waals surface area contributed by atoms with Crippen molar-refractivity contribution in [1.29, 1.82) is 0 Å². The van der Waals surface area contributed by atoms with E-state index in [1.165, 1.54) is 6.39 Å². The van der Waals surface area contributed by atoms with E-state index in [0.29, 0.717) is 17.0 Å². The van der Waals surface area contributed by atoms with Gasteiger partial charge in [0, 0.05) is 30.1 Å². The van der Waals surface area contributed by atoms with E-state index in [1.54, 1.807) is 24.3 Å². The average Bonchev–Trinajstić information content (AvgIpc) is 3.00. The van der Waals surface area contributed by atoms with Crippen LogP contribution in [0.3, 0.4) is 0 Å². The Morgan fingerprint density at radius 3 is 2.82 bits per heavy atom. The van der Waals surface area contributed by atoms with Crippen molar-refractivity contribution in [2.24, 2.45) is 0 Å². The molecule has 1 heterocycles. The molecule has 22 heavy (non-hydrogen) atoms. The van der Waals surface area contributed by atoms with E-state index in [2.05, 4.69) is 20.8 Å². The van der Waals surface area contributed by atoms with Crippen LogP contribution in [0.15, 0.2) is 35.1 Å². The first-order chi connectivity index (χ1) is 10.6. The zero-order chi connectivity index (χ0) is 15.9. The second-order valence-corrected chi connectivity index (χ2v) is 5.05. The fourth-order valence-corrected chi connectivity index (χ4v) is 1.88. The van der Waals surface area contributed by atoms with Gasteiger partial charge in [-0.15, -0.1) is 10.2 Å². The lowest BCUT2D eigenvalue weighted by Gasteiger charge is -2.09. The third kappa shape index (κ3) is 4.41. The van der Waals surface area contributed by atoms with E-state index in [9.17, 15) is 9.59 Å². The van der Waals surface area contributed by atoms with E-state index >= 15 is 0 Å². The minimum absolute atomic E-state index is 0.0880. The molecule has 0 bridgehead atoms. The minimum atomic E-state index is -0.251. The summed E-state index contributed by atoms with van der Waals surface area (Å²) >= 11 is 0. The third-order valence-corrected chi connectivity index (χ3v) is 2.82. The van der Waals surface area contributed by atoms with Crippen LogP contribution in [0.2, 0.25) is 0 Å². The number of hydrogen-bond donors (Lipinski definition) is 2. The van der Waals surface area contributed by atoms with Crippen LogP contribution in [0.4, 0.5) is 0 Å². The smallest absolute Gasteiger partial charge is 0.251 e. The fraction of sp³-hybridized carbons (Fsp3) is 0.333. The Kier molecular flexibility index (Phi) is 5.24. The summed E-state index contributed by atoms with van der Waals surface area (Å²) in [6.07, 6.45) is 1.47. The number of carbonyl (C=O) groups is 2. The summed E-state index contributed by atoms with van der Waals surface area (Å²) in [6, 6.07) is 6.95. The molecule has 1 aromatic carbocycles. The Hall–Kier alpha value is -2.70. The number of hydrogen-bond acceptors (Lipinski definition) is 5. The lowest BCUT2D eigenvalue weighted by atomic mass is 10.1. The largest absolute Gasteiger partial charge is 0.423 e. The number of carbonyl (C=O) groups excluding carboxylic acids is 2. The Bertz CT molecular complexity index is 638. The molecule has 0 aliphatic heterocycles. The van der Waals surface area contributed by atoms with Gasteiger partial charge in [-0.25, -0.2) is 0 Å². The molecule has 116 valence electrons. The maximum atomic E-state index is 12.1. The highest BCUT2D eigenvalue weighted by Gasteiger charge is 2.10. The Balaban J connectivity index is 1.90. The Morgan fingerprint density at radius 2 is 2.14 bits per heavy atom. The van der Waals surface area contributed by atoms with Gasteiger partial charge in [0.2, 0.25) is 18.2 Å². The summed E-state index contributed by atoms with van der Waals surface area (Å²) < 4.78 is 5.10. The Morgan fingerprint density at radius 1 is 1.32 bits per heavy atom. The lowest BCUT2D eigenvalue weighted by molar-refractivity contribution is -0.121. The van der Waals surface area contributed by atoms with Crippen LogP contribution in [-0.4, -0.2) is 34.6 Å². The zero-order valence-electron chi connectivity index (χ0n) is 12.5. The van der Waals surface area contributed by atoms with E-state index < -0.39 is 0 Å². The van der Waals surface area contributed by atoms with Crippen LogP contribution in [0.1, 0.15) is 30.6 Å². The molecule has 0 radical (unpaired) electrons. The van der Waals surface area contributed by atoms with E-state index in [4.69, 9.17) is 4.42 Å². The van der Waals surface area contributed by atoms with Crippen molar-refractivity contribution in [3.05, 3.63) is 36.2 Å². The number of nitrogens with zero attached hydrogens (tertiary/aromatic N) is 2. The molecule has 0 saturated heterocycles. The molecule has 0 atom stereocenters. The summed E-state index contributed by atoms with van der Waals surface area (Å²) in [4.78, 5) is 23.6. The van der Waals surface area contributed by atoms with Crippen LogP contribution in [-0.2, 0) is 4.79 Å². The number of benzene rings is 1. The molecular formula is C15H18N4O3. The molecule has 2 N–H and O–H groups in total. The van der Waals surface area contributed by atoms with Gasteiger partial charge >= 0.3 is 0 Å². The first-order valence-corrected chi connectivity index (χ1v) is 7.00. The van der Waals surface area contributed by atoms with Crippen molar-refractivity contribution in [1.82, 2.24) is 20.8 Å². The average molecular weight is 302 g/mol. The van der Waals surface area contributed by atoms with Crippen LogP contribution in [0, 0.1) is 0 Å². The highest BCUT2D eigenvalue weighted by atomic mass is 16.4. The summed E-state index contributed by atoms with van der Waals surface area (Å²) in [5.41, 5.74) is 1.14. The first-order valence-electron chi connectivity index (χ1n) is 7.00. The fourth-order valence-electron chi connectivity index (χ4n) is 1.88. The second kappa shape index (κ2) is 7.35. The minimum Gasteiger partial charge on any atom is -0.423 e. The molecule has 0 fully saturated rings. The van der Waals surface area contributed by atoms with Gasteiger partial charge in [0.05, 0.1) is 0 Å². The van der Waals surface area contributed by atoms with Gasteiger partial charge in [-0.2, -0.15) is 0 Å². The molecular weight excluding hydrogens is 284 g/mol. The molecule has 2 amide bonds. The topological polar surface area (TPSA) is 97.1 Å². The van der Waals surface area contributed by atoms with Crippen molar-refractivity contribution in [3.8, 4) is 11.5 Å². The van der Waals surface area contributed by atoms with Crippen LogP contribution in [0.5, 0.6) is 0 Å². The number of amides is 2. The van der Waals surface area contributed by atoms with Gasteiger partial charge in [0.15, 0.2) is 0 Å². The highest BCUT2D eigenvalue weighted by molar-refractivity contribution is 5.95. The summed E-state index contributed by atoms with van der Waals surface area (Å²) in [7, 11) is 0. The number of nitrogens with one attached hydrogen (secondary N) is 2. The zero-order valence-corrected chi connectivity index (χ0v) is 12.5. The van der Waals surface area contributed by atoms with Crippen molar-refractivity contribution in [2.75, 3.05) is 6.54 Å². The molecule has 2 rings (SSSR count). The molecule has 0 unspecified atom stereocenters. The van der Waals surface area contributed by atoms with E-state index in [0.717, 1.165) is 0 Å². The molecule has 7 nitrogen and oxygen atoms in total. The quantitative estimate of drug-likeness (QED) is 0.840. The van der Waals surface area contributed by atoms with Crippen molar-refractivity contribution in [3.63, 3.8) is 0 Å². The predicted octanol–water partition coefficient (Wildman–Crippen LogP) is 1.38. The monoisotopic (exact) mass is 302 g/mol. The summed E-state index contributed by atoms with van der Waals surface area (Å²) in [5, 5.41) is 12.9. The molecule has 0 aliphatic carbocycles. The maximum absolute atomic E-state index is 12.1. The highest BCUT2D eigenvalue weighted by Crippen LogP contribution is 2.17. The second-order valence-electron chi connectivity index (χ2n) is 5.05. The van der Waals surface area contributed by atoms with Gasteiger partial charge in [-0.05, 0) is 32.0 Å². The van der Waals surface area contributed by atoms with Crippen molar-refractivity contribution >= 4 is 11.8 Å². The molecule has 7 heteroatoms. The summed E-state index contributed by atoms with van der Waals surface area (Å²) in [6.45, 7) is 4.06.